The first-order valence-corrected chi connectivity index (χ1v) is 10.4. The zero-order valence-electron chi connectivity index (χ0n) is 16.4. The van der Waals surface area contributed by atoms with Gasteiger partial charge in [-0.15, -0.1) is 0 Å². The number of fused-ring (bicyclic) bond motifs is 1. The molecule has 3 aromatic rings. The molecule has 152 valence electrons. The van der Waals surface area contributed by atoms with Crippen LogP contribution in [-0.2, 0) is 16.1 Å². The highest BCUT2D eigenvalue weighted by atomic mass is 32.2. The summed E-state index contributed by atoms with van der Waals surface area (Å²) in [4.78, 5) is 24.4. The van der Waals surface area contributed by atoms with Gasteiger partial charge in [0, 0.05) is 24.5 Å². The summed E-state index contributed by atoms with van der Waals surface area (Å²) in [6.07, 6.45) is 0. The second kappa shape index (κ2) is 8.89. The van der Waals surface area contributed by atoms with Crippen LogP contribution in [-0.4, -0.2) is 57.5 Å². The predicted molar refractivity (Wildman–Crippen MR) is 111 cm³/mol. The van der Waals surface area contributed by atoms with Crippen LogP contribution in [0.3, 0.4) is 0 Å². The molecule has 0 bridgehead atoms. The fourth-order valence-corrected chi connectivity index (χ4v) is 4.05. The fourth-order valence-electron chi connectivity index (χ4n) is 3.09. The lowest BCUT2D eigenvalue weighted by Crippen LogP contribution is -2.36. The molecule has 1 aliphatic heterocycles. The highest BCUT2D eigenvalue weighted by Crippen LogP contribution is 2.29. The molecule has 9 heteroatoms. The summed E-state index contributed by atoms with van der Waals surface area (Å²) in [7, 11) is 0. The number of rotatable bonds is 6. The van der Waals surface area contributed by atoms with Crippen molar-refractivity contribution in [2.24, 2.45) is 0 Å². The fraction of sp³-hybridized carbons (Fsp3) is 0.400. The molecule has 4 rings (SSSR count). The largest absolute Gasteiger partial charge is 0.379 e. The Morgan fingerprint density at radius 2 is 2.07 bits per heavy atom. The highest BCUT2D eigenvalue weighted by Gasteiger charge is 2.20. The van der Waals surface area contributed by atoms with Gasteiger partial charge in [-0.25, -0.2) is 9.97 Å². The second-order valence-electron chi connectivity index (χ2n) is 6.92. The monoisotopic (exact) mass is 413 g/mol. The van der Waals surface area contributed by atoms with Crippen LogP contribution in [0, 0.1) is 6.92 Å². The highest BCUT2D eigenvalue weighted by molar-refractivity contribution is 8.00. The van der Waals surface area contributed by atoms with Crippen LogP contribution < -0.4 is 5.32 Å². The number of para-hydroxylation sites is 1. The predicted octanol–water partition coefficient (Wildman–Crippen LogP) is 2.88. The van der Waals surface area contributed by atoms with Gasteiger partial charge in [-0.05, 0) is 19.9 Å². The number of amides is 1. The number of thioether (sulfide) groups is 1. The molecular formula is C20H23N5O3S. The van der Waals surface area contributed by atoms with Gasteiger partial charge in [-0.2, -0.15) is 0 Å². The Bertz CT molecular complexity index is 1000. The maximum Gasteiger partial charge on any atom is 0.238 e. The number of carbonyl (C=O) groups excluding carboxylic acids is 1. The maximum absolute atomic E-state index is 12.6. The molecule has 2 aromatic heterocycles. The number of hydrogen-bond donors (Lipinski definition) is 1. The number of benzene rings is 1. The Balaban J connectivity index is 1.53. The quantitative estimate of drug-likeness (QED) is 0.487. The van der Waals surface area contributed by atoms with Gasteiger partial charge in [0.05, 0.1) is 30.5 Å². The zero-order chi connectivity index (χ0) is 20.2. The lowest BCUT2D eigenvalue weighted by Gasteiger charge is -2.26. The molecule has 0 unspecified atom stereocenters. The van der Waals surface area contributed by atoms with Crippen LogP contribution in [0.4, 0.5) is 5.82 Å². The average molecular weight is 414 g/mol. The Labute approximate surface area is 173 Å². The number of morpholine rings is 1. The first-order chi connectivity index (χ1) is 14.1. The van der Waals surface area contributed by atoms with Gasteiger partial charge in [-0.1, -0.05) is 35.1 Å². The van der Waals surface area contributed by atoms with Crippen LogP contribution in [0.1, 0.15) is 18.5 Å². The standard InChI is InChI=1S/C20H23N5O3S/c1-13-11-17(24-28-13)22-19(26)14(2)29-20-15-5-3-4-6-16(15)21-18(23-20)12-25-7-9-27-10-8-25/h3-6,11,14H,7-10,12H2,1-2H3,(H,22,24,26)/t14-/m0/s1. The number of carbonyl (C=O) groups is 1. The van der Waals surface area contributed by atoms with Crippen molar-refractivity contribution in [2.45, 2.75) is 30.7 Å². The van der Waals surface area contributed by atoms with Crippen molar-refractivity contribution in [3.05, 3.63) is 41.9 Å². The summed E-state index contributed by atoms with van der Waals surface area (Å²) in [5.41, 5.74) is 0.882. The van der Waals surface area contributed by atoms with E-state index in [2.05, 4.69) is 15.4 Å². The Kier molecular flexibility index (Phi) is 6.08. The van der Waals surface area contributed by atoms with Crippen LogP contribution in [0.5, 0.6) is 0 Å². The summed E-state index contributed by atoms with van der Waals surface area (Å²) in [5, 5.41) is 7.99. The molecule has 1 amide bonds. The smallest absolute Gasteiger partial charge is 0.238 e. The molecule has 29 heavy (non-hydrogen) atoms. The molecule has 1 atom stereocenters. The van der Waals surface area contributed by atoms with E-state index in [1.807, 2.05) is 31.2 Å². The Morgan fingerprint density at radius 3 is 2.83 bits per heavy atom. The van der Waals surface area contributed by atoms with Crippen molar-refractivity contribution in [1.82, 2.24) is 20.0 Å². The van der Waals surface area contributed by atoms with Crippen LogP contribution >= 0.6 is 11.8 Å². The molecule has 1 N–H and O–H groups in total. The molecule has 3 heterocycles. The lowest BCUT2D eigenvalue weighted by atomic mass is 10.2. The molecule has 0 saturated carbocycles. The number of aromatic nitrogens is 3. The van der Waals surface area contributed by atoms with E-state index in [9.17, 15) is 4.79 Å². The minimum absolute atomic E-state index is 0.152. The number of hydrogen-bond acceptors (Lipinski definition) is 8. The number of aryl methyl sites for hydroxylation is 1. The third kappa shape index (κ3) is 4.92. The molecule has 0 spiro atoms. The molecule has 0 aliphatic carbocycles. The van der Waals surface area contributed by atoms with Crippen LogP contribution in [0.25, 0.3) is 10.9 Å². The van der Waals surface area contributed by atoms with Gasteiger partial charge in [-0.3, -0.25) is 9.69 Å². The summed E-state index contributed by atoms with van der Waals surface area (Å²) < 4.78 is 10.4. The van der Waals surface area contributed by atoms with Crippen molar-refractivity contribution in [2.75, 3.05) is 31.6 Å². The van der Waals surface area contributed by atoms with E-state index < -0.39 is 0 Å². The van der Waals surface area contributed by atoms with Crippen molar-refractivity contribution in [3.8, 4) is 0 Å². The number of anilines is 1. The molecule has 8 nitrogen and oxygen atoms in total. The molecule has 1 fully saturated rings. The molecule has 1 aromatic carbocycles. The van der Waals surface area contributed by atoms with Crippen molar-refractivity contribution in [3.63, 3.8) is 0 Å². The van der Waals surface area contributed by atoms with E-state index in [1.165, 1.54) is 11.8 Å². The van der Waals surface area contributed by atoms with Gasteiger partial charge in [0.25, 0.3) is 0 Å². The van der Waals surface area contributed by atoms with Crippen LogP contribution in [0.15, 0.2) is 39.9 Å². The van der Waals surface area contributed by atoms with E-state index >= 15 is 0 Å². The number of nitrogens with zero attached hydrogens (tertiary/aromatic N) is 4. The van der Waals surface area contributed by atoms with E-state index in [-0.39, 0.29) is 11.2 Å². The average Bonchev–Trinajstić information content (AvgIpc) is 3.13. The Hall–Kier alpha value is -2.49. The number of ether oxygens (including phenoxy) is 1. The van der Waals surface area contributed by atoms with Gasteiger partial charge in [0.2, 0.25) is 5.91 Å². The molecule has 1 aliphatic rings. The second-order valence-corrected chi connectivity index (χ2v) is 8.25. The minimum Gasteiger partial charge on any atom is -0.379 e. The first kappa shape index (κ1) is 19.8. The summed E-state index contributed by atoms with van der Waals surface area (Å²) >= 11 is 1.42. The maximum atomic E-state index is 12.6. The third-order valence-electron chi connectivity index (χ3n) is 4.62. The molecular weight excluding hydrogens is 390 g/mol. The van der Waals surface area contributed by atoms with Gasteiger partial charge < -0.3 is 14.6 Å². The van der Waals surface area contributed by atoms with Gasteiger partial charge in [0.15, 0.2) is 5.82 Å². The van der Waals surface area contributed by atoms with E-state index in [1.54, 1.807) is 13.0 Å². The SMILES string of the molecule is Cc1cc(NC(=O)[C@H](C)Sc2nc(CN3CCOCC3)nc3ccccc23)no1. The van der Waals surface area contributed by atoms with Gasteiger partial charge in [0.1, 0.15) is 16.6 Å². The van der Waals surface area contributed by atoms with Crippen LogP contribution in [0.2, 0.25) is 0 Å². The zero-order valence-corrected chi connectivity index (χ0v) is 17.2. The summed E-state index contributed by atoms with van der Waals surface area (Å²) in [5.74, 6) is 1.67. The van der Waals surface area contributed by atoms with Crippen molar-refractivity contribution in [1.29, 1.82) is 0 Å². The Morgan fingerprint density at radius 1 is 1.28 bits per heavy atom. The van der Waals surface area contributed by atoms with Gasteiger partial charge >= 0.3 is 0 Å². The van der Waals surface area contributed by atoms with E-state index in [0.29, 0.717) is 18.1 Å². The van der Waals surface area contributed by atoms with E-state index in [0.717, 1.165) is 48.1 Å². The first-order valence-electron chi connectivity index (χ1n) is 9.55. The number of nitrogens with one attached hydrogen (secondary N) is 1. The topological polar surface area (TPSA) is 93.4 Å². The summed E-state index contributed by atoms with van der Waals surface area (Å²) in [6, 6.07) is 9.58. The lowest BCUT2D eigenvalue weighted by molar-refractivity contribution is -0.115. The third-order valence-corrected chi connectivity index (χ3v) is 5.72. The minimum atomic E-state index is -0.360. The van der Waals surface area contributed by atoms with Crippen molar-refractivity contribution < 1.29 is 14.1 Å². The summed E-state index contributed by atoms with van der Waals surface area (Å²) in [6.45, 7) is 7.50. The molecule has 1 saturated heterocycles. The van der Waals surface area contributed by atoms with E-state index in [4.69, 9.17) is 19.2 Å². The normalized spacial score (nSPS) is 16.1. The van der Waals surface area contributed by atoms with Crippen molar-refractivity contribution >= 4 is 34.4 Å². The molecule has 0 radical (unpaired) electrons.